The second-order valence-corrected chi connectivity index (χ2v) is 13.5. The number of likely N-dealkylation sites (N-methyl/N-ethyl adjacent to an activating group) is 1. The van der Waals surface area contributed by atoms with E-state index in [2.05, 4.69) is 15.0 Å². The molecule has 270 valence electrons. The third-order valence-corrected chi connectivity index (χ3v) is 9.97. The standard InChI is InChI=1S/C32H36ClF5N8O4/c1-44(2)29(48)27(40)25(33)21-13-45(9-6-23(47)41-21)28-17-14-49-22(24-18(32(36,37)38)4-5-19(39)26(24)35)10-20(17)42-30(43-28)50-15-31-7-3-8-46(31)12-16(34)11-31/h4-5,16,22H,3,6-15,39-40H2,1-2H3/t16-,22+,31+/m1/s1. The summed E-state index contributed by atoms with van der Waals surface area (Å²) in [5.74, 6) is -2.20. The Bertz CT molecular complexity index is 1770. The molecule has 50 heavy (non-hydrogen) atoms. The average Bonchev–Trinajstić information content (AvgIpc) is 3.51. The van der Waals surface area contributed by atoms with Gasteiger partial charge in [-0.3, -0.25) is 14.5 Å². The van der Waals surface area contributed by atoms with E-state index in [9.17, 15) is 27.2 Å². The number of benzene rings is 1. The van der Waals surface area contributed by atoms with E-state index >= 15 is 4.39 Å². The summed E-state index contributed by atoms with van der Waals surface area (Å²) >= 11 is 6.51. The lowest BCUT2D eigenvalue weighted by molar-refractivity contribution is -0.140. The van der Waals surface area contributed by atoms with E-state index < -0.39 is 58.4 Å². The van der Waals surface area contributed by atoms with Crippen molar-refractivity contribution >= 4 is 40.6 Å². The fraction of sp³-hybridized carbons (Fsp3) is 0.531. The van der Waals surface area contributed by atoms with Gasteiger partial charge in [-0.15, -0.1) is 0 Å². The van der Waals surface area contributed by atoms with Gasteiger partial charge in [0.05, 0.1) is 52.5 Å². The number of nitrogens with two attached hydrogens (primary N) is 2. The van der Waals surface area contributed by atoms with E-state index in [-0.39, 0.29) is 86.1 Å². The zero-order valence-electron chi connectivity index (χ0n) is 27.3. The second kappa shape index (κ2) is 13.6. The van der Waals surface area contributed by atoms with Gasteiger partial charge in [0.1, 0.15) is 24.3 Å². The molecule has 0 saturated carbocycles. The molecule has 12 nitrogen and oxygen atoms in total. The Balaban J connectivity index is 1.40. The highest BCUT2D eigenvalue weighted by Gasteiger charge is 2.49. The Labute approximate surface area is 289 Å². The molecule has 4 aliphatic rings. The Morgan fingerprint density at radius 2 is 2.00 bits per heavy atom. The third kappa shape index (κ3) is 6.82. The van der Waals surface area contributed by atoms with Crippen LogP contribution in [0.15, 0.2) is 27.9 Å². The van der Waals surface area contributed by atoms with Gasteiger partial charge in [0.2, 0.25) is 5.91 Å². The number of nitrogens with zero attached hydrogens (tertiary/aromatic N) is 6. The molecule has 2 amide bonds. The van der Waals surface area contributed by atoms with Gasteiger partial charge >= 0.3 is 12.2 Å². The molecule has 0 bridgehead atoms. The first-order valence-electron chi connectivity index (χ1n) is 16.0. The summed E-state index contributed by atoms with van der Waals surface area (Å²) in [6.45, 7) is 0.614. The minimum absolute atomic E-state index is 0.0108. The van der Waals surface area contributed by atoms with Gasteiger partial charge in [0.25, 0.3) is 5.91 Å². The molecule has 0 aliphatic carbocycles. The highest BCUT2D eigenvalue weighted by Crippen LogP contribution is 2.44. The SMILES string of the molecule is CN(C)C(=O)C(N)=C(Cl)C1=NC(=O)CCN(c2nc(OC[C@@]34CCCN3C[C@H](F)C4)nc3c2CO[C@H](c2c(C(F)(F)F)ccc(N)c2F)C3)C1. The number of fused-ring (bicyclic) bond motifs is 2. The summed E-state index contributed by atoms with van der Waals surface area (Å²) in [5.41, 5.74) is 8.90. The van der Waals surface area contributed by atoms with Crippen LogP contribution in [0.5, 0.6) is 6.01 Å². The lowest BCUT2D eigenvalue weighted by Gasteiger charge is -2.33. The topological polar surface area (TPSA) is 152 Å². The fourth-order valence-electron chi connectivity index (χ4n) is 7.08. The number of ether oxygens (including phenoxy) is 2. The number of aromatic nitrogens is 2. The van der Waals surface area contributed by atoms with Crippen molar-refractivity contribution in [3.05, 3.63) is 51.1 Å². The third-order valence-electron chi connectivity index (χ3n) is 9.55. The van der Waals surface area contributed by atoms with E-state index in [0.717, 1.165) is 12.5 Å². The Hall–Kier alpha value is -4.09. The second-order valence-electron chi connectivity index (χ2n) is 13.1. The summed E-state index contributed by atoms with van der Waals surface area (Å²) in [5, 5.41) is -0.237. The number of rotatable bonds is 7. The van der Waals surface area contributed by atoms with Crippen LogP contribution >= 0.6 is 11.6 Å². The summed E-state index contributed by atoms with van der Waals surface area (Å²) in [4.78, 5) is 43.4. The van der Waals surface area contributed by atoms with Crippen LogP contribution in [0.3, 0.4) is 0 Å². The number of nitrogen functional groups attached to an aromatic ring is 1. The summed E-state index contributed by atoms with van der Waals surface area (Å²) in [6, 6.07) is 1.41. The number of hydrogen-bond donors (Lipinski definition) is 2. The molecule has 6 rings (SSSR count). The van der Waals surface area contributed by atoms with Crippen molar-refractivity contribution in [2.45, 2.75) is 62.7 Å². The number of amides is 2. The summed E-state index contributed by atoms with van der Waals surface area (Å²) in [6.07, 6.45) is -5.94. The van der Waals surface area contributed by atoms with Crippen LogP contribution in [0, 0.1) is 5.82 Å². The van der Waals surface area contributed by atoms with Crippen LogP contribution in [0.4, 0.5) is 33.5 Å². The Morgan fingerprint density at radius 3 is 2.72 bits per heavy atom. The maximum atomic E-state index is 15.3. The Morgan fingerprint density at radius 1 is 1.24 bits per heavy atom. The van der Waals surface area contributed by atoms with E-state index in [1.165, 1.54) is 19.0 Å². The van der Waals surface area contributed by atoms with Crippen molar-refractivity contribution in [1.82, 2.24) is 19.8 Å². The van der Waals surface area contributed by atoms with Gasteiger partial charge in [-0.25, -0.2) is 13.8 Å². The molecule has 1 aromatic heterocycles. The van der Waals surface area contributed by atoms with Crippen molar-refractivity contribution in [2.24, 2.45) is 10.7 Å². The maximum Gasteiger partial charge on any atom is 0.416 e. The monoisotopic (exact) mass is 726 g/mol. The molecule has 5 heterocycles. The number of hydrogen-bond acceptors (Lipinski definition) is 10. The van der Waals surface area contributed by atoms with Gasteiger partial charge in [-0.2, -0.15) is 23.1 Å². The van der Waals surface area contributed by atoms with Crippen LogP contribution in [0.25, 0.3) is 0 Å². The van der Waals surface area contributed by atoms with Crippen LogP contribution in [0.2, 0.25) is 0 Å². The van der Waals surface area contributed by atoms with Gasteiger partial charge in [-0.1, -0.05) is 11.6 Å². The number of anilines is 2. The smallest absolute Gasteiger partial charge is 0.416 e. The maximum absolute atomic E-state index is 15.3. The van der Waals surface area contributed by atoms with Gasteiger partial charge in [0, 0.05) is 57.6 Å². The molecule has 4 aliphatic heterocycles. The molecule has 1 aromatic carbocycles. The van der Waals surface area contributed by atoms with Gasteiger partial charge in [-0.05, 0) is 31.5 Å². The molecule has 0 spiro atoms. The predicted molar refractivity (Wildman–Crippen MR) is 173 cm³/mol. The lowest BCUT2D eigenvalue weighted by Crippen LogP contribution is -2.43. The first-order valence-corrected chi connectivity index (χ1v) is 16.4. The Kier molecular flexibility index (Phi) is 9.69. The van der Waals surface area contributed by atoms with Crippen LogP contribution in [-0.2, 0) is 33.5 Å². The molecule has 2 fully saturated rings. The van der Waals surface area contributed by atoms with E-state index in [4.69, 9.17) is 32.5 Å². The largest absolute Gasteiger partial charge is 0.461 e. The molecule has 4 N–H and O–H groups in total. The minimum Gasteiger partial charge on any atom is -0.461 e. The molecule has 0 radical (unpaired) electrons. The highest BCUT2D eigenvalue weighted by atomic mass is 35.5. The average molecular weight is 727 g/mol. The molecule has 18 heteroatoms. The molecule has 0 unspecified atom stereocenters. The number of halogens is 6. The van der Waals surface area contributed by atoms with E-state index in [1.807, 2.05) is 4.90 Å². The zero-order valence-corrected chi connectivity index (χ0v) is 28.1. The molecular weight excluding hydrogens is 691 g/mol. The fourth-order valence-corrected chi connectivity index (χ4v) is 7.27. The van der Waals surface area contributed by atoms with Crippen molar-refractivity contribution in [3.63, 3.8) is 0 Å². The predicted octanol–water partition coefficient (Wildman–Crippen LogP) is 3.66. The summed E-state index contributed by atoms with van der Waals surface area (Å²) in [7, 11) is 2.95. The van der Waals surface area contributed by atoms with Crippen molar-refractivity contribution in [2.75, 3.05) is 57.5 Å². The highest BCUT2D eigenvalue weighted by molar-refractivity contribution is 6.46. The normalized spacial score (nSPS) is 24.7. The van der Waals surface area contributed by atoms with E-state index in [0.29, 0.717) is 24.6 Å². The van der Waals surface area contributed by atoms with Crippen LogP contribution in [0.1, 0.15) is 54.2 Å². The van der Waals surface area contributed by atoms with Crippen molar-refractivity contribution < 1.29 is 41.0 Å². The first-order chi connectivity index (χ1) is 23.6. The van der Waals surface area contributed by atoms with Crippen LogP contribution in [-0.4, -0.2) is 95.9 Å². The van der Waals surface area contributed by atoms with E-state index in [1.54, 1.807) is 4.90 Å². The number of carbonyl (C=O) groups excluding carboxylic acids is 2. The lowest BCUT2D eigenvalue weighted by atomic mass is 9.93. The quantitative estimate of drug-likeness (QED) is 0.246. The van der Waals surface area contributed by atoms with Crippen molar-refractivity contribution in [3.8, 4) is 6.01 Å². The number of carbonyl (C=O) groups is 2. The zero-order chi connectivity index (χ0) is 36.1. The molecule has 2 aromatic rings. The van der Waals surface area contributed by atoms with Gasteiger partial charge < -0.3 is 30.7 Å². The van der Waals surface area contributed by atoms with Crippen LogP contribution < -0.4 is 21.1 Å². The first kappa shape index (κ1) is 35.7. The number of aliphatic imine (C=N–C) groups is 1. The molecular formula is C32H36ClF5N8O4. The molecule has 3 atom stereocenters. The van der Waals surface area contributed by atoms with Gasteiger partial charge in [0.15, 0.2) is 5.82 Å². The summed E-state index contributed by atoms with van der Waals surface area (Å²) < 4.78 is 84.0. The minimum atomic E-state index is -4.91. The number of alkyl halides is 4. The van der Waals surface area contributed by atoms with Crippen molar-refractivity contribution in [1.29, 1.82) is 0 Å². The molecule has 2 saturated heterocycles.